The minimum atomic E-state index is -1.91. The van der Waals surface area contributed by atoms with E-state index >= 15 is 0 Å². The quantitative estimate of drug-likeness (QED) is 0.170. The molecule has 0 aliphatic heterocycles. The first kappa shape index (κ1) is 27.9. The van der Waals surface area contributed by atoms with Gasteiger partial charge in [-0.3, -0.25) is 0 Å². The van der Waals surface area contributed by atoms with Gasteiger partial charge in [-0.2, -0.15) is 0 Å². The van der Waals surface area contributed by atoms with E-state index in [2.05, 4.69) is 90.1 Å². The maximum absolute atomic E-state index is 6.84. The summed E-state index contributed by atoms with van der Waals surface area (Å²) in [6.45, 7) is 23.2. The standard InChI is InChI=1S/C28H46N2O3Si2/c1-21(2)35(22(3)4,23(5)6)33-15-13-28-29-26(19-30(28)20-31-16-17-34(7,8)9)25-11-10-24-12-14-32-27(24)18-25/h10-12,14,18-19,21-23H,13,15-17,20H2,1-9H3. The lowest BCUT2D eigenvalue weighted by Gasteiger charge is -2.42. The molecule has 3 rings (SSSR count). The van der Waals surface area contributed by atoms with Crippen molar-refractivity contribution in [2.45, 2.75) is 97.0 Å². The fourth-order valence-electron chi connectivity index (χ4n) is 5.38. The van der Waals surface area contributed by atoms with Gasteiger partial charge in [-0.25, -0.2) is 4.98 Å². The summed E-state index contributed by atoms with van der Waals surface area (Å²) in [7, 11) is -3.03. The zero-order valence-corrected chi connectivity index (χ0v) is 25.4. The van der Waals surface area contributed by atoms with E-state index in [1.807, 2.05) is 6.07 Å². The number of imidazole rings is 1. The van der Waals surface area contributed by atoms with E-state index in [1.165, 1.54) is 0 Å². The summed E-state index contributed by atoms with van der Waals surface area (Å²) < 4.78 is 20.7. The van der Waals surface area contributed by atoms with E-state index in [-0.39, 0.29) is 0 Å². The van der Waals surface area contributed by atoms with Crippen LogP contribution in [0.4, 0.5) is 0 Å². The van der Waals surface area contributed by atoms with Crippen molar-refractivity contribution in [3.63, 3.8) is 0 Å². The lowest BCUT2D eigenvalue weighted by atomic mass is 10.1. The van der Waals surface area contributed by atoms with Crippen LogP contribution in [0.5, 0.6) is 0 Å². The second-order valence-corrected chi connectivity index (χ2v) is 23.0. The number of furan rings is 1. The summed E-state index contributed by atoms with van der Waals surface area (Å²) in [6, 6.07) is 9.43. The van der Waals surface area contributed by atoms with E-state index in [0.29, 0.717) is 30.0 Å². The maximum atomic E-state index is 6.84. The van der Waals surface area contributed by atoms with Gasteiger partial charge in [0.1, 0.15) is 18.1 Å². The molecule has 0 N–H and O–H groups in total. The Labute approximate surface area is 214 Å². The Bertz CT molecular complexity index is 1060. The molecule has 3 aromatic rings. The third-order valence-corrected chi connectivity index (χ3v) is 15.0. The van der Waals surface area contributed by atoms with Gasteiger partial charge in [0.25, 0.3) is 0 Å². The lowest BCUT2D eigenvalue weighted by Crippen LogP contribution is -2.48. The van der Waals surface area contributed by atoms with Crippen molar-refractivity contribution in [2.75, 3.05) is 13.2 Å². The fraction of sp³-hybridized carbons (Fsp3) is 0.607. The molecule has 194 valence electrons. The van der Waals surface area contributed by atoms with Crippen LogP contribution in [0.25, 0.3) is 22.2 Å². The van der Waals surface area contributed by atoms with E-state index in [4.69, 9.17) is 18.6 Å². The summed E-state index contributed by atoms with van der Waals surface area (Å²) in [5.74, 6) is 1.02. The number of aromatic nitrogens is 2. The van der Waals surface area contributed by atoms with Gasteiger partial charge in [0.05, 0.1) is 12.0 Å². The Morgan fingerprint density at radius 2 is 1.63 bits per heavy atom. The highest BCUT2D eigenvalue weighted by atomic mass is 28.4. The molecule has 35 heavy (non-hydrogen) atoms. The molecule has 0 aliphatic carbocycles. The van der Waals surface area contributed by atoms with Crippen molar-refractivity contribution < 1.29 is 13.6 Å². The molecule has 0 amide bonds. The number of benzene rings is 1. The SMILES string of the molecule is CC(C)[Si](OCCc1nc(-c2ccc3ccoc3c2)cn1COCC[Si](C)(C)C)(C(C)C)C(C)C. The van der Waals surface area contributed by atoms with E-state index in [9.17, 15) is 0 Å². The third-order valence-electron chi connectivity index (χ3n) is 7.22. The minimum Gasteiger partial charge on any atom is -0.464 e. The van der Waals surface area contributed by atoms with Gasteiger partial charge in [-0.15, -0.1) is 0 Å². The van der Waals surface area contributed by atoms with Gasteiger partial charge in [0, 0.05) is 44.9 Å². The second-order valence-electron chi connectivity index (χ2n) is 11.9. The van der Waals surface area contributed by atoms with Gasteiger partial charge < -0.3 is 18.1 Å². The van der Waals surface area contributed by atoms with Crippen LogP contribution in [0.1, 0.15) is 47.4 Å². The fourth-order valence-corrected chi connectivity index (χ4v) is 11.6. The Balaban J connectivity index is 1.80. The van der Waals surface area contributed by atoms with Crippen molar-refractivity contribution in [3.8, 4) is 11.3 Å². The first-order valence-corrected chi connectivity index (χ1v) is 19.0. The highest BCUT2D eigenvalue weighted by Gasteiger charge is 2.44. The molecule has 0 spiro atoms. The van der Waals surface area contributed by atoms with Gasteiger partial charge in [0.15, 0.2) is 8.32 Å². The van der Waals surface area contributed by atoms with Crippen LogP contribution in [0.3, 0.4) is 0 Å². The molecule has 0 saturated carbocycles. The molecule has 0 bridgehead atoms. The molecule has 5 nitrogen and oxygen atoms in total. The highest BCUT2D eigenvalue weighted by Crippen LogP contribution is 2.42. The molecule has 0 saturated heterocycles. The van der Waals surface area contributed by atoms with Crippen molar-refractivity contribution in [1.29, 1.82) is 0 Å². The zero-order chi connectivity index (χ0) is 25.8. The molecule has 0 unspecified atom stereocenters. The molecule has 0 atom stereocenters. The van der Waals surface area contributed by atoms with Crippen LogP contribution in [0.15, 0.2) is 41.1 Å². The van der Waals surface area contributed by atoms with Crippen molar-refractivity contribution in [1.82, 2.24) is 9.55 Å². The lowest BCUT2D eigenvalue weighted by molar-refractivity contribution is 0.0846. The summed E-state index contributed by atoms with van der Waals surface area (Å²) in [4.78, 5) is 5.04. The highest BCUT2D eigenvalue weighted by molar-refractivity contribution is 6.77. The number of ether oxygens (including phenoxy) is 1. The Hall–Kier alpha value is -1.68. The van der Waals surface area contributed by atoms with E-state index in [1.54, 1.807) is 6.26 Å². The Morgan fingerprint density at radius 1 is 0.943 bits per heavy atom. The molecule has 2 aromatic heterocycles. The van der Waals surface area contributed by atoms with Gasteiger partial charge in [-0.05, 0) is 34.8 Å². The van der Waals surface area contributed by atoms with Crippen molar-refractivity contribution in [3.05, 3.63) is 42.5 Å². The molecule has 0 aliphatic rings. The summed E-state index contributed by atoms with van der Waals surface area (Å²) >= 11 is 0. The summed E-state index contributed by atoms with van der Waals surface area (Å²) in [5.41, 5.74) is 4.61. The van der Waals surface area contributed by atoms with Gasteiger partial charge in [0.2, 0.25) is 0 Å². The number of hydrogen-bond acceptors (Lipinski definition) is 4. The van der Waals surface area contributed by atoms with Gasteiger partial charge in [-0.1, -0.05) is 73.3 Å². The third kappa shape index (κ3) is 6.76. The topological polar surface area (TPSA) is 49.4 Å². The van der Waals surface area contributed by atoms with Crippen LogP contribution < -0.4 is 0 Å². The Morgan fingerprint density at radius 3 is 2.26 bits per heavy atom. The van der Waals surface area contributed by atoms with Crippen molar-refractivity contribution >= 4 is 27.4 Å². The molecule has 0 radical (unpaired) electrons. The first-order valence-electron chi connectivity index (χ1n) is 13.2. The maximum Gasteiger partial charge on any atom is 0.200 e. The molecule has 1 aromatic carbocycles. The Kier molecular flexibility index (Phi) is 9.24. The number of rotatable bonds is 13. The van der Waals surface area contributed by atoms with Crippen LogP contribution in [-0.2, 0) is 22.3 Å². The average Bonchev–Trinajstić information content (AvgIpc) is 3.39. The number of fused-ring (bicyclic) bond motifs is 1. The van der Waals surface area contributed by atoms with Gasteiger partial charge >= 0.3 is 0 Å². The largest absolute Gasteiger partial charge is 0.464 e. The normalized spacial score (nSPS) is 13.1. The first-order chi connectivity index (χ1) is 16.4. The zero-order valence-electron chi connectivity index (χ0n) is 23.4. The predicted octanol–water partition coefficient (Wildman–Crippen LogP) is 8.34. The van der Waals surface area contributed by atoms with E-state index in [0.717, 1.165) is 47.1 Å². The average molecular weight is 515 g/mol. The van der Waals surface area contributed by atoms with Crippen LogP contribution >= 0.6 is 0 Å². The molecule has 2 heterocycles. The number of nitrogens with zero attached hydrogens (tertiary/aromatic N) is 2. The minimum absolute atomic E-state index is 0.525. The van der Waals surface area contributed by atoms with Crippen LogP contribution in [0.2, 0.25) is 42.3 Å². The molecule has 0 fully saturated rings. The van der Waals surface area contributed by atoms with E-state index < -0.39 is 16.4 Å². The number of hydrogen-bond donors (Lipinski definition) is 0. The van der Waals surface area contributed by atoms with Crippen LogP contribution in [-0.4, -0.2) is 39.2 Å². The molecular weight excluding hydrogens is 468 g/mol. The summed E-state index contributed by atoms with van der Waals surface area (Å²) in [6.07, 6.45) is 4.63. The molecular formula is C28H46N2O3Si2. The smallest absolute Gasteiger partial charge is 0.200 e. The monoisotopic (exact) mass is 514 g/mol. The second kappa shape index (κ2) is 11.6. The summed E-state index contributed by atoms with van der Waals surface area (Å²) in [5, 5.41) is 1.11. The van der Waals surface area contributed by atoms with Crippen LogP contribution in [0, 0.1) is 0 Å². The predicted molar refractivity (Wildman–Crippen MR) is 152 cm³/mol. The van der Waals surface area contributed by atoms with Crippen molar-refractivity contribution in [2.24, 2.45) is 0 Å². The molecule has 7 heteroatoms.